The van der Waals surface area contributed by atoms with Crippen LogP contribution in [-0.2, 0) is 0 Å². The Balaban J connectivity index is 1.87. The molecule has 0 unspecified atom stereocenters. The molecule has 0 fully saturated rings. The first kappa shape index (κ1) is 13.0. The highest BCUT2D eigenvalue weighted by Crippen LogP contribution is 2.26. The van der Waals surface area contributed by atoms with Gasteiger partial charge in [0.05, 0.1) is 18.7 Å². The number of aliphatic imine (C=N–C) groups is 2. The molecule has 0 spiro atoms. The highest BCUT2D eigenvalue weighted by Gasteiger charge is 2.25. The van der Waals surface area contributed by atoms with E-state index in [0.29, 0.717) is 36.8 Å². The Bertz CT molecular complexity index is 637. The fourth-order valence-electron chi connectivity index (χ4n) is 2.03. The number of rotatable bonds is 2. The largest absolute Gasteiger partial charge is 0.491 e. The molecule has 0 radical (unpaired) electrons. The van der Waals surface area contributed by atoms with E-state index >= 15 is 0 Å². The van der Waals surface area contributed by atoms with Crippen LogP contribution in [0.2, 0.25) is 0 Å². The Labute approximate surface area is 124 Å². The average Bonchev–Trinajstić information content (AvgIpc) is 2.61. The van der Waals surface area contributed by atoms with E-state index in [-0.39, 0.29) is 5.91 Å². The van der Waals surface area contributed by atoms with Crippen LogP contribution in [0.5, 0.6) is 5.75 Å². The number of allylic oxidation sites excluding steroid dienone is 1. The molecule has 5 nitrogen and oxygen atoms in total. The Hall–Kier alpha value is -2.04. The smallest absolute Gasteiger partial charge is 0.302 e. The molecule has 0 N–H and O–H groups in total. The number of amides is 1. The Morgan fingerprint density at radius 3 is 3.15 bits per heavy atom. The van der Waals surface area contributed by atoms with Gasteiger partial charge in [0.1, 0.15) is 12.4 Å². The summed E-state index contributed by atoms with van der Waals surface area (Å²) in [6.07, 6.45) is 5.85. The van der Waals surface area contributed by atoms with Crippen molar-refractivity contribution in [2.75, 3.05) is 19.7 Å². The van der Waals surface area contributed by atoms with Gasteiger partial charge in [-0.2, -0.15) is 9.98 Å². The van der Waals surface area contributed by atoms with Crippen molar-refractivity contribution in [3.8, 4) is 5.75 Å². The summed E-state index contributed by atoms with van der Waals surface area (Å²) in [5, 5.41) is 0. The number of nitrogens with zero attached hydrogens (tertiary/aromatic N) is 3. The molecule has 6 heteroatoms. The number of hydrogen-bond acceptors (Lipinski definition) is 4. The lowest BCUT2D eigenvalue weighted by Crippen LogP contribution is -2.36. The summed E-state index contributed by atoms with van der Waals surface area (Å²) in [6, 6.07) is 5.43. The zero-order valence-electron chi connectivity index (χ0n) is 10.5. The van der Waals surface area contributed by atoms with E-state index in [4.69, 9.17) is 4.74 Å². The summed E-state index contributed by atoms with van der Waals surface area (Å²) < 4.78 is 6.46. The van der Waals surface area contributed by atoms with Gasteiger partial charge in [-0.3, -0.25) is 4.79 Å². The maximum absolute atomic E-state index is 12.6. The molecule has 0 aliphatic carbocycles. The second kappa shape index (κ2) is 5.53. The first-order chi connectivity index (χ1) is 9.74. The first-order valence-electron chi connectivity index (χ1n) is 6.12. The van der Waals surface area contributed by atoms with Gasteiger partial charge in [0.2, 0.25) is 0 Å². The molecule has 1 aromatic carbocycles. The normalized spacial score (nSPS) is 16.9. The van der Waals surface area contributed by atoms with Crippen LogP contribution in [0.1, 0.15) is 10.4 Å². The summed E-state index contributed by atoms with van der Waals surface area (Å²) in [5.74, 6) is 1.13. The van der Waals surface area contributed by atoms with Crippen molar-refractivity contribution >= 4 is 33.9 Å². The maximum Gasteiger partial charge on any atom is 0.302 e. The number of ether oxygens (including phenoxy) is 1. The molecular weight excluding hydrogens is 322 g/mol. The topological polar surface area (TPSA) is 54.3 Å². The highest BCUT2D eigenvalue weighted by atomic mass is 79.9. The predicted molar refractivity (Wildman–Crippen MR) is 79.3 cm³/mol. The van der Waals surface area contributed by atoms with Gasteiger partial charge in [-0.15, -0.1) is 0 Å². The van der Waals surface area contributed by atoms with Gasteiger partial charge in [0.15, 0.2) is 5.84 Å². The Morgan fingerprint density at radius 1 is 1.45 bits per heavy atom. The number of carbonyl (C=O) groups is 1. The number of halogens is 1. The molecule has 100 valence electrons. The van der Waals surface area contributed by atoms with E-state index in [2.05, 4.69) is 32.0 Å². The molecule has 2 aliphatic rings. The van der Waals surface area contributed by atoms with Gasteiger partial charge < -0.3 is 9.64 Å². The summed E-state index contributed by atoms with van der Waals surface area (Å²) in [4.78, 5) is 22.4. The molecule has 3 rings (SSSR count). The van der Waals surface area contributed by atoms with Crippen LogP contribution in [0, 0.1) is 6.08 Å². The summed E-state index contributed by atoms with van der Waals surface area (Å²) >= 11 is 3.38. The van der Waals surface area contributed by atoms with Gasteiger partial charge >= 0.3 is 6.08 Å². The molecule has 2 heterocycles. The van der Waals surface area contributed by atoms with Gasteiger partial charge in [-0.25, -0.2) is 0 Å². The third kappa shape index (κ3) is 2.61. The summed E-state index contributed by atoms with van der Waals surface area (Å²) in [7, 11) is 0. The highest BCUT2D eigenvalue weighted by molar-refractivity contribution is 9.10. The molecule has 2 aliphatic heterocycles. The number of amidine groups is 1. The monoisotopic (exact) mass is 332 g/mol. The van der Waals surface area contributed by atoms with E-state index in [1.807, 2.05) is 6.07 Å². The van der Waals surface area contributed by atoms with Crippen LogP contribution in [-0.4, -0.2) is 42.6 Å². The lowest BCUT2D eigenvalue weighted by Gasteiger charge is -2.18. The van der Waals surface area contributed by atoms with Crippen molar-refractivity contribution in [1.29, 1.82) is 0 Å². The van der Waals surface area contributed by atoms with Gasteiger partial charge in [-0.1, -0.05) is 15.9 Å². The van der Waals surface area contributed by atoms with Crippen LogP contribution < -0.4 is 4.74 Å². The van der Waals surface area contributed by atoms with Gasteiger partial charge in [-0.05, 0) is 18.2 Å². The third-order valence-corrected chi connectivity index (χ3v) is 3.48. The first-order valence-corrected chi connectivity index (χ1v) is 6.92. The number of fused-ring (bicyclic) bond motifs is 1. The van der Waals surface area contributed by atoms with Crippen molar-refractivity contribution in [1.82, 2.24) is 4.90 Å². The molecule has 1 aromatic rings. The molecule has 20 heavy (non-hydrogen) atoms. The molecule has 0 atom stereocenters. The third-order valence-electron chi connectivity index (χ3n) is 2.99. The summed E-state index contributed by atoms with van der Waals surface area (Å²) in [6.45, 7) is 1.33. The molecular formula is C14H11BrN3O2+. The van der Waals surface area contributed by atoms with E-state index in [0.717, 1.165) is 4.47 Å². The minimum absolute atomic E-state index is 0.0739. The number of hydrogen-bond donors (Lipinski definition) is 0. The standard InChI is InChI=1S/C14H11BrN3O2/c15-10-2-3-12-11(8-10)14(19)18(6-7-20-12)9-13-16-4-1-5-17-13/h2-5,8H,6-7,9H2/q+1. The van der Waals surface area contributed by atoms with Gasteiger partial charge in [0.25, 0.3) is 18.3 Å². The lowest BCUT2D eigenvalue weighted by atomic mass is 10.2. The molecule has 0 aromatic heterocycles. The predicted octanol–water partition coefficient (Wildman–Crippen LogP) is 2.08. The zero-order chi connectivity index (χ0) is 13.9. The van der Waals surface area contributed by atoms with Crippen LogP contribution in [0.15, 0.2) is 38.9 Å². The second-order valence-electron chi connectivity index (χ2n) is 4.31. The molecule has 1 amide bonds. The van der Waals surface area contributed by atoms with Crippen molar-refractivity contribution in [2.45, 2.75) is 0 Å². The van der Waals surface area contributed by atoms with E-state index in [1.54, 1.807) is 29.4 Å². The van der Waals surface area contributed by atoms with Crippen molar-refractivity contribution in [2.24, 2.45) is 9.98 Å². The molecule has 0 saturated heterocycles. The Morgan fingerprint density at radius 2 is 2.35 bits per heavy atom. The van der Waals surface area contributed by atoms with Crippen LogP contribution in [0.3, 0.4) is 0 Å². The maximum atomic E-state index is 12.6. The van der Waals surface area contributed by atoms with Crippen molar-refractivity contribution in [3.63, 3.8) is 0 Å². The minimum atomic E-state index is -0.0739. The number of carbonyl (C=O) groups excluding carboxylic acids is 1. The fourth-order valence-corrected chi connectivity index (χ4v) is 2.39. The quantitative estimate of drug-likeness (QED) is 0.778. The van der Waals surface area contributed by atoms with Crippen LogP contribution in [0.25, 0.3) is 0 Å². The van der Waals surface area contributed by atoms with Crippen LogP contribution >= 0.6 is 15.9 Å². The van der Waals surface area contributed by atoms with E-state index in [9.17, 15) is 4.79 Å². The van der Waals surface area contributed by atoms with E-state index < -0.39 is 0 Å². The number of benzene rings is 1. The Kier molecular flexibility index (Phi) is 3.58. The van der Waals surface area contributed by atoms with Crippen LogP contribution in [0.4, 0.5) is 0 Å². The second-order valence-corrected chi connectivity index (χ2v) is 5.23. The fraction of sp³-hybridized carbons (Fsp3) is 0.214. The van der Waals surface area contributed by atoms with E-state index in [1.165, 1.54) is 0 Å². The van der Waals surface area contributed by atoms with Gasteiger partial charge in [0, 0.05) is 4.47 Å². The summed E-state index contributed by atoms with van der Waals surface area (Å²) in [5.41, 5.74) is 0.555. The molecule has 0 bridgehead atoms. The average molecular weight is 333 g/mol. The molecule has 0 saturated carbocycles. The zero-order valence-corrected chi connectivity index (χ0v) is 12.1. The lowest BCUT2D eigenvalue weighted by molar-refractivity contribution is 0.0780. The van der Waals surface area contributed by atoms with Crippen molar-refractivity contribution < 1.29 is 9.53 Å². The van der Waals surface area contributed by atoms with Crippen molar-refractivity contribution in [3.05, 3.63) is 40.5 Å². The SMILES string of the molecule is O=C1c2cc(Br)ccc2OCCN1CC1=NC=[C+]C=N1. The minimum Gasteiger partial charge on any atom is -0.491 e.